The highest BCUT2D eigenvalue weighted by atomic mass is 16.5. The molecule has 114 valence electrons. The maximum atomic E-state index is 12.6. The fourth-order valence-corrected chi connectivity index (χ4v) is 3.93. The van der Waals surface area contributed by atoms with Crippen LogP contribution < -0.4 is 5.32 Å². The van der Waals surface area contributed by atoms with Crippen LogP contribution in [-0.2, 0) is 4.74 Å². The summed E-state index contributed by atoms with van der Waals surface area (Å²) in [5.41, 5.74) is 1.69. The molecule has 1 aliphatic heterocycles. The fraction of sp³-hybridized carbons (Fsp3) is 0.688. The van der Waals surface area contributed by atoms with Crippen molar-refractivity contribution in [2.45, 2.75) is 50.2 Å². The Kier molecular flexibility index (Phi) is 3.08. The van der Waals surface area contributed by atoms with Gasteiger partial charge in [-0.15, -0.1) is 0 Å². The molecule has 2 aliphatic carbocycles. The van der Waals surface area contributed by atoms with Gasteiger partial charge in [0.2, 0.25) is 0 Å². The molecule has 0 unspecified atom stereocenters. The third kappa shape index (κ3) is 2.10. The predicted molar refractivity (Wildman–Crippen MR) is 77.1 cm³/mol. The van der Waals surface area contributed by atoms with Crippen molar-refractivity contribution in [3.05, 3.63) is 23.5 Å². The summed E-state index contributed by atoms with van der Waals surface area (Å²) in [5, 5.41) is 13.3. The Bertz CT molecular complexity index is 543. The Hall–Kier alpha value is -1.33. The molecule has 0 bridgehead atoms. The molecule has 0 aromatic carbocycles. The average Bonchev–Trinajstić information content (AvgIpc) is 3.24. The van der Waals surface area contributed by atoms with Crippen molar-refractivity contribution in [1.29, 1.82) is 0 Å². The van der Waals surface area contributed by atoms with Gasteiger partial charge in [-0.05, 0) is 44.1 Å². The van der Waals surface area contributed by atoms with E-state index in [2.05, 4.69) is 10.3 Å². The SMILES string of the molecule is O=C(N[C@@H]1C[C@@H](O)C12CCOCC2)c1cc[nH]c1C1CC1. The highest BCUT2D eigenvalue weighted by Crippen LogP contribution is 2.49. The largest absolute Gasteiger partial charge is 0.392 e. The van der Waals surface area contributed by atoms with Crippen molar-refractivity contribution in [1.82, 2.24) is 10.3 Å². The van der Waals surface area contributed by atoms with Crippen LogP contribution in [-0.4, -0.2) is 41.4 Å². The van der Waals surface area contributed by atoms with Gasteiger partial charge < -0.3 is 20.1 Å². The van der Waals surface area contributed by atoms with Crippen LogP contribution in [0.25, 0.3) is 0 Å². The molecule has 1 saturated heterocycles. The molecule has 4 rings (SSSR count). The summed E-state index contributed by atoms with van der Waals surface area (Å²) < 4.78 is 5.40. The first kappa shape index (κ1) is 13.3. The predicted octanol–water partition coefficient (Wildman–Crippen LogP) is 1.55. The Labute approximate surface area is 124 Å². The van der Waals surface area contributed by atoms with Crippen molar-refractivity contribution >= 4 is 5.91 Å². The maximum absolute atomic E-state index is 12.6. The standard InChI is InChI=1S/C16H22N2O3/c19-13-9-12(16(13)4-7-21-8-5-16)18-15(20)11-3-6-17-14(11)10-1-2-10/h3,6,10,12-13,17,19H,1-2,4-5,7-9H2,(H,18,20)/t12-,13-/m1/s1. The number of hydrogen-bond acceptors (Lipinski definition) is 3. The topological polar surface area (TPSA) is 74.3 Å². The second kappa shape index (κ2) is 4.85. The van der Waals surface area contributed by atoms with Crippen molar-refractivity contribution in [3.63, 3.8) is 0 Å². The van der Waals surface area contributed by atoms with Crippen molar-refractivity contribution in [2.75, 3.05) is 13.2 Å². The van der Waals surface area contributed by atoms with Gasteiger partial charge in [-0.2, -0.15) is 0 Å². The van der Waals surface area contributed by atoms with Gasteiger partial charge in [-0.1, -0.05) is 0 Å². The molecule has 21 heavy (non-hydrogen) atoms. The van der Waals surface area contributed by atoms with Crippen LogP contribution in [0.1, 0.15) is 54.1 Å². The van der Waals surface area contributed by atoms with Gasteiger partial charge in [0.15, 0.2) is 0 Å². The van der Waals surface area contributed by atoms with Crippen molar-refractivity contribution in [2.24, 2.45) is 5.41 Å². The molecule has 0 radical (unpaired) electrons. The molecule has 2 atom stereocenters. The van der Waals surface area contributed by atoms with Gasteiger partial charge >= 0.3 is 0 Å². The maximum Gasteiger partial charge on any atom is 0.253 e. The van der Waals surface area contributed by atoms with Crippen LogP contribution in [0.4, 0.5) is 0 Å². The number of aromatic amines is 1. The third-order valence-electron chi connectivity index (χ3n) is 5.55. The molecule has 1 aromatic rings. The van der Waals surface area contributed by atoms with Gasteiger partial charge in [0, 0.05) is 36.6 Å². The lowest BCUT2D eigenvalue weighted by Gasteiger charge is -2.55. The Morgan fingerprint density at radius 3 is 2.81 bits per heavy atom. The van der Waals surface area contributed by atoms with E-state index in [1.54, 1.807) is 0 Å². The summed E-state index contributed by atoms with van der Waals surface area (Å²) in [6.45, 7) is 1.36. The second-order valence-corrected chi connectivity index (χ2v) is 6.70. The summed E-state index contributed by atoms with van der Waals surface area (Å²) in [5.74, 6) is 0.533. The first-order chi connectivity index (χ1) is 10.2. The number of aliphatic hydroxyl groups is 1. The second-order valence-electron chi connectivity index (χ2n) is 6.70. The first-order valence-corrected chi connectivity index (χ1v) is 7.95. The molecule has 3 aliphatic rings. The molecule has 3 fully saturated rings. The number of aliphatic hydroxyl groups excluding tert-OH is 1. The highest BCUT2D eigenvalue weighted by Gasteiger charge is 2.55. The van der Waals surface area contributed by atoms with E-state index in [1.807, 2.05) is 12.3 Å². The van der Waals surface area contributed by atoms with E-state index in [1.165, 1.54) is 12.8 Å². The Morgan fingerprint density at radius 1 is 1.38 bits per heavy atom. The summed E-state index contributed by atoms with van der Waals surface area (Å²) in [7, 11) is 0. The lowest BCUT2D eigenvalue weighted by molar-refractivity contribution is -0.145. The fourth-order valence-electron chi connectivity index (χ4n) is 3.93. The summed E-state index contributed by atoms with van der Waals surface area (Å²) >= 11 is 0. The lowest BCUT2D eigenvalue weighted by Crippen LogP contribution is -2.65. The summed E-state index contributed by atoms with van der Waals surface area (Å²) in [6, 6.07) is 1.94. The molecular weight excluding hydrogens is 268 g/mol. The summed E-state index contributed by atoms with van der Waals surface area (Å²) in [6.07, 6.45) is 6.22. The Morgan fingerprint density at radius 2 is 2.14 bits per heavy atom. The molecule has 5 heteroatoms. The van der Waals surface area contributed by atoms with E-state index < -0.39 is 0 Å². The van der Waals surface area contributed by atoms with Crippen LogP contribution in [0, 0.1) is 5.41 Å². The van der Waals surface area contributed by atoms with Crippen LogP contribution in [0.15, 0.2) is 12.3 Å². The molecule has 2 saturated carbocycles. The minimum atomic E-state index is -0.305. The number of H-pyrrole nitrogens is 1. The zero-order valence-electron chi connectivity index (χ0n) is 12.1. The number of nitrogens with one attached hydrogen (secondary N) is 2. The number of hydrogen-bond donors (Lipinski definition) is 3. The average molecular weight is 290 g/mol. The molecule has 3 N–H and O–H groups in total. The van der Waals surface area contributed by atoms with Crippen LogP contribution >= 0.6 is 0 Å². The van der Waals surface area contributed by atoms with E-state index in [0.717, 1.165) is 24.1 Å². The molecule has 1 amide bonds. The first-order valence-electron chi connectivity index (χ1n) is 7.95. The van der Waals surface area contributed by atoms with E-state index in [4.69, 9.17) is 4.74 Å². The number of rotatable bonds is 3. The van der Waals surface area contributed by atoms with E-state index in [-0.39, 0.29) is 23.5 Å². The van der Waals surface area contributed by atoms with Crippen LogP contribution in [0.5, 0.6) is 0 Å². The molecule has 1 aromatic heterocycles. The smallest absolute Gasteiger partial charge is 0.253 e. The quantitative estimate of drug-likeness (QED) is 0.790. The van der Waals surface area contributed by atoms with E-state index in [0.29, 0.717) is 25.6 Å². The van der Waals surface area contributed by atoms with Crippen LogP contribution in [0.3, 0.4) is 0 Å². The lowest BCUT2D eigenvalue weighted by atomic mass is 9.58. The van der Waals surface area contributed by atoms with Crippen molar-refractivity contribution < 1.29 is 14.6 Å². The number of ether oxygens (including phenoxy) is 1. The number of aromatic nitrogens is 1. The normalized spacial score (nSPS) is 30.9. The number of amides is 1. The van der Waals surface area contributed by atoms with E-state index in [9.17, 15) is 9.90 Å². The van der Waals surface area contributed by atoms with Gasteiger partial charge in [0.1, 0.15) is 0 Å². The van der Waals surface area contributed by atoms with Crippen LogP contribution in [0.2, 0.25) is 0 Å². The van der Waals surface area contributed by atoms with Gasteiger partial charge in [0.05, 0.1) is 11.7 Å². The van der Waals surface area contributed by atoms with Crippen molar-refractivity contribution in [3.8, 4) is 0 Å². The van der Waals surface area contributed by atoms with Gasteiger partial charge in [-0.3, -0.25) is 4.79 Å². The number of carbonyl (C=O) groups is 1. The molecular formula is C16H22N2O3. The van der Waals surface area contributed by atoms with E-state index >= 15 is 0 Å². The molecule has 1 spiro atoms. The zero-order chi connectivity index (χ0) is 14.4. The highest BCUT2D eigenvalue weighted by molar-refractivity contribution is 5.96. The Balaban J connectivity index is 1.48. The number of carbonyl (C=O) groups excluding carboxylic acids is 1. The zero-order valence-corrected chi connectivity index (χ0v) is 12.1. The minimum Gasteiger partial charge on any atom is -0.392 e. The van der Waals surface area contributed by atoms with Gasteiger partial charge in [0.25, 0.3) is 5.91 Å². The van der Waals surface area contributed by atoms with Gasteiger partial charge in [-0.25, -0.2) is 0 Å². The third-order valence-corrected chi connectivity index (χ3v) is 5.55. The molecule has 2 heterocycles. The minimum absolute atomic E-state index is 0.000849. The monoisotopic (exact) mass is 290 g/mol. The summed E-state index contributed by atoms with van der Waals surface area (Å²) in [4.78, 5) is 15.8. The molecule has 5 nitrogen and oxygen atoms in total.